The van der Waals surface area contributed by atoms with E-state index in [-0.39, 0.29) is 0 Å². The molecule has 1 heterocycles. The summed E-state index contributed by atoms with van der Waals surface area (Å²) in [4.78, 5) is 1.38. The molecule has 1 fully saturated rings. The van der Waals surface area contributed by atoms with Crippen LogP contribution >= 0.6 is 23.1 Å². The van der Waals surface area contributed by atoms with Crippen molar-refractivity contribution < 1.29 is 0 Å². The summed E-state index contributed by atoms with van der Waals surface area (Å²) in [5.41, 5.74) is 0.425. The Morgan fingerprint density at radius 2 is 2.42 bits per heavy atom. The monoisotopic (exact) mass is 201 g/mol. The molecule has 66 valence electrons. The predicted molar refractivity (Wildman–Crippen MR) is 52.8 cm³/mol. The molecular weight excluding hydrogens is 190 g/mol. The van der Waals surface area contributed by atoms with Crippen molar-refractivity contribution in [1.29, 1.82) is 0 Å². The van der Waals surface area contributed by atoms with Crippen LogP contribution in [-0.4, -0.2) is 10.3 Å². The second-order valence-electron chi connectivity index (χ2n) is 3.64. The van der Waals surface area contributed by atoms with Gasteiger partial charge >= 0.3 is 0 Å². The van der Waals surface area contributed by atoms with Gasteiger partial charge in [0, 0.05) is 17.0 Å². The van der Waals surface area contributed by atoms with Crippen molar-refractivity contribution in [3.05, 3.63) is 17.1 Å². The summed E-state index contributed by atoms with van der Waals surface area (Å²) in [5.74, 6) is 0.810. The minimum Gasteiger partial charge on any atom is -0.201 e. The van der Waals surface area contributed by atoms with E-state index in [0.29, 0.717) is 5.41 Å². The van der Waals surface area contributed by atoms with E-state index in [1.165, 1.54) is 24.1 Å². The quantitative estimate of drug-likeness (QED) is 0.685. The van der Waals surface area contributed by atoms with Crippen molar-refractivity contribution in [1.82, 2.24) is 4.37 Å². The van der Waals surface area contributed by atoms with Crippen LogP contribution in [0.5, 0.6) is 0 Å². The van der Waals surface area contributed by atoms with Gasteiger partial charge in [0.1, 0.15) is 0 Å². The van der Waals surface area contributed by atoms with Gasteiger partial charge in [0.05, 0.1) is 0 Å². The fourth-order valence-electron chi connectivity index (χ4n) is 1.74. The first-order valence-electron chi connectivity index (χ1n) is 4.30. The summed E-state index contributed by atoms with van der Waals surface area (Å²) < 4.78 is 4.10. The summed E-state index contributed by atoms with van der Waals surface area (Å²) in [6.45, 7) is 0. The number of hydrogen-bond donors (Lipinski definition) is 0. The van der Waals surface area contributed by atoms with Gasteiger partial charge in [-0.3, -0.25) is 0 Å². The lowest BCUT2D eigenvalue weighted by Crippen LogP contribution is -2.33. The van der Waals surface area contributed by atoms with Crippen LogP contribution in [0.3, 0.4) is 0 Å². The molecule has 0 spiro atoms. The van der Waals surface area contributed by atoms with E-state index in [2.05, 4.69) is 10.4 Å². The van der Waals surface area contributed by atoms with Crippen molar-refractivity contribution in [2.45, 2.75) is 25.7 Å². The lowest BCUT2D eigenvalue weighted by molar-refractivity contribution is 0.167. The van der Waals surface area contributed by atoms with Crippen LogP contribution in [0.15, 0.2) is 12.3 Å². The number of hydrogen-bond acceptors (Lipinski definition) is 2. The highest BCUT2D eigenvalue weighted by molar-refractivity contribution is 7.05. The second kappa shape index (κ2) is 3.35. The van der Waals surface area contributed by atoms with Gasteiger partial charge in [0.25, 0.3) is 0 Å². The van der Waals surface area contributed by atoms with E-state index >= 15 is 0 Å². The molecule has 0 atom stereocenters. The highest BCUT2D eigenvalue weighted by Crippen LogP contribution is 2.44. The van der Waals surface area contributed by atoms with Gasteiger partial charge in [0.15, 0.2) is 0 Å². The van der Waals surface area contributed by atoms with Gasteiger partial charge in [-0.15, -0.1) is 11.6 Å². The number of halogens is 1. The minimum absolute atomic E-state index is 0.425. The number of aromatic nitrogens is 1. The average Bonchev–Trinajstić information content (AvgIpc) is 2.49. The van der Waals surface area contributed by atoms with Crippen molar-refractivity contribution in [2.24, 2.45) is 5.41 Å². The molecule has 1 aliphatic carbocycles. The normalized spacial score (nSPS) is 20.4. The Balaban J connectivity index is 2.01. The second-order valence-corrected chi connectivity index (χ2v) is 4.83. The third-order valence-electron chi connectivity index (χ3n) is 2.74. The minimum atomic E-state index is 0.425. The zero-order chi connectivity index (χ0) is 8.44. The van der Waals surface area contributed by atoms with Crippen molar-refractivity contribution in [2.75, 3.05) is 5.88 Å². The molecule has 3 heteroatoms. The first kappa shape index (κ1) is 8.52. The number of nitrogens with zero attached hydrogens (tertiary/aromatic N) is 1. The summed E-state index contributed by atoms with van der Waals surface area (Å²) in [6.07, 6.45) is 6.97. The van der Waals surface area contributed by atoms with Crippen LogP contribution in [0.1, 0.15) is 24.1 Å². The lowest BCUT2D eigenvalue weighted by atomic mass is 9.68. The van der Waals surface area contributed by atoms with Gasteiger partial charge in [-0.25, -0.2) is 4.37 Å². The molecule has 1 aliphatic rings. The molecule has 0 aromatic carbocycles. The molecule has 1 aromatic rings. The smallest absolute Gasteiger partial charge is 0.0409 e. The van der Waals surface area contributed by atoms with Gasteiger partial charge in [0.2, 0.25) is 0 Å². The molecule has 2 rings (SSSR count). The Morgan fingerprint density at radius 1 is 1.58 bits per heavy atom. The van der Waals surface area contributed by atoms with E-state index in [1.807, 2.05) is 6.20 Å². The number of alkyl halides is 1. The topological polar surface area (TPSA) is 12.9 Å². The van der Waals surface area contributed by atoms with Crippen LogP contribution in [0.4, 0.5) is 0 Å². The highest BCUT2D eigenvalue weighted by atomic mass is 35.5. The molecular formula is C9H12ClNS. The van der Waals surface area contributed by atoms with Crippen molar-refractivity contribution in [3.63, 3.8) is 0 Å². The first-order valence-corrected chi connectivity index (χ1v) is 5.61. The predicted octanol–water partition coefficient (Wildman–Crippen LogP) is 3.09. The summed E-state index contributed by atoms with van der Waals surface area (Å²) in [7, 11) is 0. The molecule has 0 aliphatic heterocycles. The number of rotatable bonds is 3. The van der Waals surface area contributed by atoms with E-state index < -0.39 is 0 Å². The zero-order valence-electron chi connectivity index (χ0n) is 6.92. The maximum absolute atomic E-state index is 5.96. The molecule has 1 nitrogen and oxygen atoms in total. The molecule has 0 radical (unpaired) electrons. The highest BCUT2D eigenvalue weighted by Gasteiger charge is 2.36. The van der Waals surface area contributed by atoms with Gasteiger partial charge < -0.3 is 0 Å². The van der Waals surface area contributed by atoms with Crippen LogP contribution in [0.25, 0.3) is 0 Å². The molecule has 1 aromatic heterocycles. The standard InChI is InChI=1S/C9H12ClNS/c10-7-9(3-1-4-9)6-8-2-5-11-12-8/h2,5H,1,3-4,6-7H2. The fraction of sp³-hybridized carbons (Fsp3) is 0.667. The lowest BCUT2D eigenvalue weighted by Gasteiger charge is -2.40. The summed E-state index contributed by atoms with van der Waals surface area (Å²) >= 11 is 7.57. The molecule has 0 amide bonds. The molecule has 0 unspecified atom stereocenters. The van der Waals surface area contributed by atoms with E-state index in [1.54, 1.807) is 11.5 Å². The Bertz CT molecular complexity index is 236. The third kappa shape index (κ3) is 1.50. The Kier molecular flexibility index (Phi) is 2.37. The Labute approximate surface area is 81.9 Å². The maximum atomic E-state index is 5.96. The summed E-state index contributed by atoms with van der Waals surface area (Å²) in [6, 6.07) is 2.11. The molecule has 1 saturated carbocycles. The van der Waals surface area contributed by atoms with Crippen molar-refractivity contribution in [3.8, 4) is 0 Å². The molecule has 0 saturated heterocycles. The fourth-order valence-corrected chi connectivity index (χ4v) is 2.85. The van der Waals surface area contributed by atoms with Crippen molar-refractivity contribution >= 4 is 23.1 Å². The molecule has 0 N–H and O–H groups in total. The van der Waals surface area contributed by atoms with E-state index in [4.69, 9.17) is 11.6 Å². The molecule has 0 bridgehead atoms. The third-order valence-corrected chi connectivity index (χ3v) is 4.05. The first-order chi connectivity index (χ1) is 5.85. The van der Waals surface area contributed by atoms with Crippen LogP contribution in [0.2, 0.25) is 0 Å². The van der Waals surface area contributed by atoms with Gasteiger partial charge in [-0.05, 0) is 42.3 Å². The van der Waals surface area contributed by atoms with E-state index in [0.717, 1.165) is 12.3 Å². The van der Waals surface area contributed by atoms with Crippen LogP contribution in [-0.2, 0) is 6.42 Å². The Morgan fingerprint density at radius 3 is 2.83 bits per heavy atom. The zero-order valence-corrected chi connectivity index (χ0v) is 8.50. The SMILES string of the molecule is ClCC1(Cc2ccns2)CCC1. The summed E-state index contributed by atoms with van der Waals surface area (Å²) in [5, 5.41) is 0. The van der Waals surface area contributed by atoms with Crippen LogP contribution < -0.4 is 0 Å². The average molecular weight is 202 g/mol. The van der Waals surface area contributed by atoms with Crippen LogP contribution in [0, 0.1) is 5.41 Å². The van der Waals surface area contributed by atoms with Gasteiger partial charge in [-0.1, -0.05) is 6.42 Å². The largest absolute Gasteiger partial charge is 0.201 e. The van der Waals surface area contributed by atoms with Gasteiger partial charge in [-0.2, -0.15) is 0 Å². The maximum Gasteiger partial charge on any atom is 0.0409 e. The van der Waals surface area contributed by atoms with E-state index in [9.17, 15) is 0 Å². The molecule has 12 heavy (non-hydrogen) atoms. The Hall–Kier alpha value is -0.0800.